The number of carbonyl (C=O) groups excluding carboxylic acids is 1. The van der Waals surface area contributed by atoms with E-state index < -0.39 is 40.0 Å². The quantitative estimate of drug-likeness (QED) is 0.556. The second kappa shape index (κ2) is 7.76. The van der Waals surface area contributed by atoms with E-state index in [1.165, 1.54) is 42.5 Å². The van der Waals surface area contributed by atoms with Gasteiger partial charge in [-0.3, -0.25) is 4.79 Å². The molecule has 170 valence electrons. The van der Waals surface area contributed by atoms with Crippen LogP contribution in [0.2, 0.25) is 0 Å². The number of halogens is 4. The van der Waals surface area contributed by atoms with Gasteiger partial charge in [0.1, 0.15) is 11.4 Å². The number of nitrogens with one attached hydrogen (secondary N) is 1. The van der Waals surface area contributed by atoms with Crippen molar-refractivity contribution in [3.05, 3.63) is 53.7 Å². The number of benzene rings is 2. The first kappa shape index (κ1) is 22.1. The fraction of sp³-hybridized carbons (Fsp3) is 0.300. The molecule has 0 spiro atoms. The van der Waals surface area contributed by atoms with Crippen LogP contribution in [0.5, 0.6) is 5.75 Å². The van der Waals surface area contributed by atoms with E-state index in [0.717, 1.165) is 4.68 Å². The van der Waals surface area contributed by atoms with Gasteiger partial charge in [0, 0.05) is 17.0 Å². The summed E-state index contributed by atoms with van der Waals surface area (Å²) in [7, 11) is -3.19. The molecule has 2 heterocycles. The van der Waals surface area contributed by atoms with Crippen LogP contribution in [0.1, 0.15) is 29.4 Å². The molecule has 12 heteroatoms. The number of fused-ring (bicyclic) bond motifs is 1. The van der Waals surface area contributed by atoms with Gasteiger partial charge in [-0.15, -0.1) is 0 Å². The lowest BCUT2D eigenvalue weighted by Gasteiger charge is -2.38. The molecule has 1 fully saturated rings. The number of rotatable bonds is 6. The van der Waals surface area contributed by atoms with Crippen LogP contribution in [0.4, 0.5) is 17.6 Å². The predicted octanol–water partition coefficient (Wildman–Crippen LogP) is 3.48. The van der Waals surface area contributed by atoms with E-state index in [4.69, 9.17) is 0 Å². The lowest BCUT2D eigenvalue weighted by atomic mass is 10.0. The average Bonchev–Trinajstić information content (AvgIpc) is 3.05. The van der Waals surface area contributed by atoms with Gasteiger partial charge in [0.25, 0.3) is 12.3 Å². The fourth-order valence-corrected chi connectivity index (χ4v) is 5.78. The lowest BCUT2D eigenvalue weighted by Crippen LogP contribution is -2.63. The Morgan fingerprint density at radius 3 is 2.50 bits per heavy atom. The molecule has 32 heavy (non-hydrogen) atoms. The van der Waals surface area contributed by atoms with Gasteiger partial charge < -0.3 is 10.1 Å². The van der Waals surface area contributed by atoms with Gasteiger partial charge in [0.2, 0.25) is 0 Å². The van der Waals surface area contributed by atoms with Gasteiger partial charge in [-0.1, -0.05) is 6.07 Å². The molecule has 1 amide bonds. The zero-order valence-electron chi connectivity index (χ0n) is 16.6. The number of aromatic nitrogens is 2. The molecule has 0 radical (unpaired) electrons. The Balaban J connectivity index is 1.71. The zero-order valence-corrected chi connectivity index (χ0v) is 17.4. The molecule has 0 bridgehead atoms. The van der Waals surface area contributed by atoms with Crippen LogP contribution < -0.4 is 10.1 Å². The summed E-state index contributed by atoms with van der Waals surface area (Å²) in [5, 5.41) is 6.53. The Morgan fingerprint density at radius 2 is 1.88 bits per heavy atom. The van der Waals surface area contributed by atoms with E-state index in [0.29, 0.717) is 0 Å². The summed E-state index contributed by atoms with van der Waals surface area (Å²) >= 11 is 0. The summed E-state index contributed by atoms with van der Waals surface area (Å²) in [5.41, 5.74) is -1.02. The van der Waals surface area contributed by atoms with Crippen LogP contribution in [0.25, 0.3) is 16.6 Å². The van der Waals surface area contributed by atoms with E-state index in [1.807, 2.05) is 0 Å². The van der Waals surface area contributed by atoms with Crippen molar-refractivity contribution in [1.29, 1.82) is 0 Å². The third kappa shape index (κ3) is 4.27. The minimum absolute atomic E-state index is 0.000727. The van der Waals surface area contributed by atoms with Crippen molar-refractivity contribution in [2.75, 3.05) is 11.5 Å². The van der Waals surface area contributed by atoms with Crippen LogP contribution >= 0.6 is 0 Å². The SMILES string of the molecule is CC1(NC(=O)c2ccc3c(c2)c(C(F)F)nn3-c2cccc(OC(F)F)c2)CS(=O)(=O)C1. The van der Waals surface area contributed by atoms with Crippen LogP contribution in [0.3, 0.4) is 0 Å². The third-order valence-corrected chi connectivity index (χ3v) is 7.11. The molecule has 1 N–H and O–H groups in total. The molecule has 4 rings (SSSR count). The minimum Gasteiger partial charge on any atom is -0.435 e. The summed E-state index contributed by atoms with van der Waals surface area (Å²) in [6, 6.07) is 9.46. The fourth-order valence-electron chi connectivity index (χ4n) is 3.78. The summed E-state index contributed by atoms with van der Waals surface area (Å²) in [5.74, 6) is -1.18. The van der Waals surface area contributed by atoms with Gasteiger partial charge >= 0.3 is 6.61 Å². The summed E-state index contributed by atoms with van der Waals surface area (Å²) in [6.45, 7) is -1.47. The van der Waals surface area contributed by atoms with E-state index in [2.05, 4.69) is 15.2 Å². The van der Waals surface area contributed by atoms with E-state index >= 15 is 0 Å². The molecule has 0 atom stereocenters. The first-order chi connectivity index (χ1) is 15.0. The number of nitrogens with zero attached hydrogens (tertiary/aromatic N) is 2. The van der Waals surface area contributed by atoms with Gasteiger partial charge in [0.05, 0.1) is 28.2 Å². The zero-order chi connectivity index (χ0) is 23.3. The van der Waals surface area contributed by atoms with E-state index in [9.17, 15) is 30.8 Å². The van der Waals surface area contributed by atoms with Crippen molar-refractivity contribution < 1.29 is 35.5 Å². The maximum Gasteiger partial charge on any atom is 0.387 e. The highest BCUT2D eigenvalue weighted by atomic mass is 32.2. The van der Waals surface area contributed by atoms with Crippen molar-refractivity contribution in [2.45, 2.75) is 25.5 Å². The van der Waals surface area contributed by atoms with Crippen molar-refractivity contribution >= 4 is 26.6 Å². The highest BCUT2D eigenvalue weighted by Gasteiger charge is 2.45. The number of hydrogen-bond donors (Lipinski definition) is 1. The maximum absolute atomic E-state index is 13.7. The van der Waals surface area contributed by atoms with E-state index in [1.54, 1.807) is 6.92 Å². The Bertz CT molecular complexity index is 1300. The summed E-state index contributed by atoms with van der Waals surface area (Å²) < 4.78 is 80.7. The van der Waals surface area contributed by atoms with Crippen LogP contribution in [-0.2, 0) is 9.84 Å². The molecular weight excluding hydrogens is 454 g/mol. The first-order valence-electron chi connectivity index (χ1n) is 9.35. The molecular formula is C20H17F4N3O4S. The Labute approximate surface area is 179 Å². The number of carbonyl (C=O) groups is 1. The summed E-state index contributed by atoms with van der Waals surface area (Å²) in [4.78, 5) is 12.6. The maximum atomic E-state index is 13.7. The standard InChI is InChI=1S/C20H17F4N3O4S/c1-20(9-32(29,30)10-20)25-18(28)11-5-6-15-14(7-11)16(17(21)22)26-27(15)12-3-2-4-13(8-12)31-19(23)24/h2-8,17,19H,9-10H2,1H3,(H,25,28). The molecule has 1 aromatic heterocycles. The second-order valence-electron chi connectivity index (χ2n) is 7.75. The number of ether oxygens (including phenoxy) is 1. The van der Waals surface area contributed by atoms with Crippen LogP contribution in [0, 0.1) is 0 Å². The predicted molar refractivity (Wildman–Crippen MR) is 107 cm³/mol. The topological polar surface area (TPSA) is 90.3 Å². The molecule has 1 saturated heterocycles. The Hall–Kier alpha value is -3.15. The van der Waals surface area contributed by atoms with Crippen molar-refractivity contribution in [3.8, 4) is 11.4 Å². The van der Waals surface area contributed by atoms with Crippen LogP contribution in [0.15, 0.2) is 42.5 Å². The molecule has 1 aliphatic rings. The lowest BCUT2D eigenvalue weighted by molar-refractivity contribution is -0.0498. The normalized spacial score (nSPS) is 16.8. The number of hydrogen-bond acceptors (Lipinski definition) is 5. The van der Waals surface area contributed by atoms with Gasteiger partial charge in [-0.25, -0.2) is 21.9 Å². The highest BCUT2D eigenvalue weighted by Crippen LogP contribution is 2.31. The molecule has 0 aliphatic carbocycles. The van der Waals surface area contributed by atoms with Gasteiger partial charge in [0.15, 0.2) is 9.84 Å². The van der Waals surface area contributed by atoms with Crippen molar-refractivity contribution in [2.24, 2.45) is 0 Å². The third-order valence-electron chi connectivity index (χ3n) is 4.96. The Kier molecular flexibility index (Phi) is 5.35. The largest absolute Gasteiger partial charge is 0.435 e. The molecule has 3 aromatic rings. The molecule has 2 aromatic carbocycles. The Morgan fingerprint density at radius 1 is 1.16 bits per heavy atom. The smallest absolute Gasteiger partial charge is 0.387 e. The van der Waals surface area contributed by atoms with Crippen molar-refractivity contribution in [3.63, 3.8) is 0 Å². The number of sulfone groups is 1. The second-order valence-corrected chi connectivity index (χ2v) is 9.82. The first-order valence-corrected chi connectivity index (χ1v) is 11.2. The van der Waals surface area contributed by atoms with Gasteiger partial charge in [-0.2, -0.15) is 13.9 Å². The monoisotopic (exact) mass is 471 g/mol. The molecule has 0 saturated carbocycles. The van der Waals surface area contributed by atoms with E-state index in [-0.39, 0.29) is 39.4 Å². The minimum atomic E-state index is -3.19. The summed E-state index contributed by atoms with van der Waals surface area (Å²) in [6.07, 6.45) is -2.97. The average molecular weight is 471 g/mol. The molecule has 1 aliphatic heterocycles. The number of amides is 1. The van der Waals surface area contributed by atoms with Crippen molar-refractivity contribution in [1.82, 2.24) is 15.1 Å². The highest BCUT2D eigenvalue weighted by molar-refractivity contribution is 7.93. The molecule has 0 unspecified atom stereocenters. The van der Waals surface area contributed by atoms with Crippen LogP contribution in [-0.4, -0.2) is 47.8 Å². The van der Waals surface area contributed by atoms with Gasteiger partial charge in [-0.05, 0) is 37.3 Å². The molecule has 7 nitrogen and oxygen atoms in total. The number of alkyl halides is 4.